The molecule has 4 saturated heterocycles. The van der Waals surface area contributed by atoms with Crippen molar-refractivity contribution in [1.29, 1.82) is 0 Å². The second-order valence-electron chi connectivity index (χ2n) is 9.91. The molecule has 1 saturated carbocycles. The van der Waals surface area contributed by atoms with Gasteiger partial charge in [0, 0.05) is 31.6 Å². The Hall–Kier alpha value is -1.34. The maximum absolute atomic E-state index is 12.4. The highest BCUT2D eigenvalue weighted by molar-refractivity contribution is 5.83. The fourth-order valence-corrected chi connectivity index (χ4v) is 6.87. The molecule has 0 N–H and O–H groups in total. The van der Waals surface area contributed by atoms with E-state index in [1.807, 2.05) is 11.8 Å². The molecule has 0 aromatic carbocycles. The van der Waals surface area contributed by atoms with E-state index in [-0.39, 0.29) is 17.6 Å². The van der Waals surface area contributed by atoms with Gasteiger partial charge in [-0.1, -0.05) is 0 Å². The van der Waals surface area contributed by atoms with Crippen LogP contribution in [0.1, 0.15) is 58.3 Å². The average Bonchev–Trinajstić information content (AvgIpc) is 3.41. The highest BCUT2D eigenvalue weighted by atomic mass is 16.6. The van der Waals surface area contributed by atoms with Crippen molar-refractivity contribution < 1.29 is 19.1 Å². The lowest BCUT2D eigenvalue weighted by atomic mass is 9.64. The van der Waals surface area contributed by atoms with E-state index >= 15 is 0 Å². The van der Waals surface area contributed by atoms with E-state index in [4.69, 9.17) is 9.47 Å². The number of likely N-dealkylation sites (tertiary alicyclic amines) is 3. The van der Waals surface area contributed by atoms with Crippen LogP contribution in [0, 0.1) is 5.41 Å². The summed E-state index contributed by atoms with van der Waals surface area (Å²) in [5.41, 5.74) is 0.0364. The van der Waals surface area contributed by atoms with Crippen molar-refractivity contribution in [1.82, 2.24) is 14.7 Å². The zero-order valence-electron chi connectivity index (χ0n) is 17.7. The number of carbonyl (C=O) groups excluding carboxylic acids is 2. The molecule has 5 fully saturated rings. The van der Waals surface area contributed by atoms with Gasteiger partial charge in [-0.25, -0.2) is 4.79 Å². The maximum atomic E-state index is 12.4. The molecule has 1 aliphatic carbocycles. The van der Waals surface area contributed by atoms with E-state index in [1.54, 1.807) is 0 Å². The van der Waals surface area contributed by atoms with Gasteiger partial charge >= 0.3 is 12.1 Å². The topological polar surface area (TPSA) is 62.3 Å². The summed E-state index contributed by atoms with van der Waals surface area (Å²) in [4.78, 5) is 31.5. The fourth-order valence-electron chi connectivity index (χ4n) is 6.87. The van der Waals surface area contributed by atoms with Crippen LogP contribution in [0.2, 0.25) is 0 Å². The number of hydrogen-bond acceptors (Lipinski definition) is 6. The van der Waals surface area contributed by atoms with Crippen LogP contribution < -0.4 is 0 Å². The molecule has 0 bridgehead atoms. The van der Waals surface area contributed by atoms with Gasteiger partial charge in [0.15, 0.2) is 0 Å². The number of carbonyl (C=O) groups is 2. The lowest BCUT2D eigenvalue weighted by molar-refractivity contribution is -0.148. The van der Waals surface area contributed by atoms with Gasteiger partial charge in [-0.2, -0.15) is 0 Å². The Morgan fingerprint density at radius 3 is 2.59 bits per heavy atom. The molecule has 1 amide bonds. The third-order valence-electron chi connectivity index (χ3n) is 8.43. The average molecular weight is 406 g/mol. The Labute approximate surface area is 173 Å². The minimum Gasteiger partial charge on any atom is -0.464 e. The predicted octanol–water partition coefficient (Wildman–Crippen LogP) is 2.24. The molecule has 0 aromatic rings. The Kier molecular flexibility index (Phi) is 5.01. The van der Waals surface area contributed by atoms with Crippen molar-refractivity contribution in [2.24, 2.45) is 5.41 Å². The summed E-state index contributed by atoms with van der Waals surface area (Å²) in [6.45, 7) is 7.96. The summed E-state index contributed by atoms with van der Waals surface area (Å²) in [7, 11) is 0. The van der Waals surface area contributed by atoms with Crippen molar-refractivity contribution in [2.45, 2.75) is 75.9 Å². The van der Waals surface area contributed by atoms with Gasteiger partial charge in [0.2, 0.25) is 0 Å². The normalized spacial score (nSPS) is 38.7. The molecule has 0 radical (unpaired) electrons. The third-order valence-corrected chi connectivity index (χ3v) is 8.43. The molecule has 4 aliphatic heterocycles. The van der Waals surface area contributed by atoms with Crippen LogP contribution in [0.25, 0.3) is 0 Å². The second kappa shape index (κ2) is 7.41. The number of amides is 1. The lowest BCUT2D eigenvalue weighted by Gasteiger charge is -2.52. The highest BCUT2D eigenvalue weighted by Crippen LogP contribution is 2.51. The van der Waals surface area contributed by atoms with Crippen LogP contribution in [-0.4, -0.2) is 90.3 Å². The standard InChI is InChI=1S/C22H35N3O4/c1-2-28-20(27)24-12-7-21(16-24)14-18(15-21)23-10-4-17(5-11-23)25-9-3-6-22(25)8-13-29-19(22)26/h17-18H,2-16H2,1H3/t18?,21?,22-/m0/s1. The summed E-state index contributed by atoms with van der Waals surface area (Å²) < 4.78 is 10.5. The molecule has 5 aliphatic rings. The van der Waals surface area contributed by atoms with E-state index in [0.29, 0.717) is 30.7 Å². The first-order valence-corrected chi connectivity index (χ1v) is 11.7. The van der Waals surface area contributed by atoms with Crippen molar-refractivity contribution >= 4 is 12.1 Å². The highest BCUT2D eigenvalue weighted by Gasteiger charge is 2.55. The Bertz CT molecular complexity index is 652. The van der Waals surface area contributed by atoms with Gasteiger partial charge in [-0.15, -0.1) is 0 Å². The van der Waals surface area contributed by atoms with E-state index in [9.17, 15) is 9.59 Å². The van der Waals surface area contributed by atoms with Crippen LogP contribution in [-0.2, 0) is 14.3 Å². The Morgan fingerprint density at radius 1 is 1.10 bits per heavy atom. The largest absolute Gasteiger partial charge is 0.464 e. The zero-order chi connectivity index (χ0) is 20.1. The minimum atomic E-state index is -0.298. The van der Waals surface area contributed by atoms with Crippen molar-refractivity contribution in [3.05, 3.63) is 0 Å². The SMILES string of the molecule is CCOC(=O)N1CCC2(CC(N3CCC(N4CCC[C@@]45CCOC5=O)CC3)C2)C1. The number of piperidine rings is 1. The quantitative estimate of drug-likeness (QED) is 0.671. The maximum Gasteiger partial charge on any atom is 0.409 e. The van der Waals surface area contributed by atoms with Gasteiger partial charge in [-0.3, -0.25) is 9.69 Å². The number of hydrogen-bond donors (Lipinski definition) is 0. The molecule has 2 spiro atoms. The number of esters is 1. The first-order valence-electron chi connectivity index (χ1n) is 11.7. The van der Waals surface area contributed by atoms with Crippen molar-refractivity contribution in [2.75, 3.05) is 45.9 Å². The number of ether oxygens (including phenoxy) is 2. The number of cyclic esters (lactones) is 1. The molecule has 4 heterocycles. The van der Waals surface area contributed by atoms with E-state index in [1.165, 1.54) is 12.8 Å². The summed E-state index contributed by atoms with van der Waals surface area (Å²) in [5.74, 6) is 0.0331. The first-order chi connectivity index (χ1) is 14.1. The van der Waals surface area contributed by atoms with Gasteiger partial charge in [-0.05, 0) is 76.9 Å². The summed E-state index contributed by atoms with van der Waals surface area (Å²) in [5, 5.41) is 0. The van der Waals surface area contributed by atoms with Crippen LogP contribution >= 0.6 is 0 Å². The summed E-state index contributed by atoms with van der Waals surface area (Å²) in [6, 6.07) is 1.20. The molecule has 0 unspecified atom stereocenters. The molecule has 7 nitrogen and oxygen atoms in total. The third kappa shape index (κ3) is 3.25. The Morgan fingerprint density at radius 2 is 1.90 bits per heavy atom. The molecule has 7 heteroatoms. The van der Waals surface area contributed by atoms with Gasteiger partial charge < -0.3 is 19.3 Å². The molecule has 5 rings (SSSR count). The second-order valence-corrected chi connectivity index (χ2v) is 9.91. The molecule has 29 heavy (non-hydrogen) atoms. The van der Waals surface area contributed by atoms with Gasteiger partial charge in [0.1, 0.15) is 5.54 Å². The van der Waals surface area contributed by atoms with Gasteiger partial charge in [0.25, 0.3) is 0 Å². The van der Waals surface area contributed by atoms with Crippen LogP contribution in [0.4, 0.5) is 4.79 Å². The monoisotopic (exact) mass is 405 g/mol. The summed E-state index contributed by atoms with van der Waals surface area (Å²) >= 11 is 0. The number of rotatable bonds is 3. The molecular formula is C22H35N3O4. The number of nitrogens with zero attached hydrogens (tertiary/aromatic N) is 3. The van der Waals surface area contributed by atoms with E-state index < -0.39 is 0 Å². The summed E-state index contributed by atoms with van der Waals surface area (Å²) in [6.07, 6.45) is 8.72. The lowest BCUT2D eigenvalue weighted by Crippen LogP contribution is -2.58. The van der Waals surface area contributed by atoms with Crippen molar-refractivity contribution in [3.63, 3.8) is 0 Å². The van der Waals surface area contributed by atoms with Crippen LogP contribution in [0.5, 0.6) is 0 Å². The van der Waals surface area contributed by atoms with Crippen LogP contribution in [0.15, 0.2) is 0 Å². The molecule has 0 aromatic heterocycles. The molecular weight excluding hydrogens is 370 g/mol. The smallest absolute Gasteiger partial charge is 0.409 e. The van der Waals surface area contributed by atoms with Crippen LogP contribution in [0.3, 0.4) is 0 Å². The molecule has 1 atom stereocenters. The van der Waals surface area contributed by atoms with Gasteiger partial charge in [0.05, 0.1) is 13.2 Å². The zero-order valence-corrected chi connectivity index (χ0v) is 17.7. The van der Waals surface area contributed by atoms with Crippen molar-refractivity contribution in [3.8, 4) is 0 Å². The predicted molar refractivity (Wildman–Crippen MR) is 108 cm³/mol. The van der Waals surface area contributed by atoms with E-state index in [2.05, 4.69) is 9.80 Å². The Balaban J connectivity index is 1.12. The first kappa shape index (κ1) is 19.6. The molecule has 162 valence electrons. The minimum absolute atomic E-state index is 0.0331. The van der Waals surface area contributed by atoms with E-state index in [0.717, 1.165) is 71.2 Å². The fraction of sp³-hybridized carbons (Fsp3) is 0.909.